The number of allylic oxidation sites excluding steroid dienone is 5. The van der Waals surface area contributed by atoms with Gasteiger partial charge in [-0.05, 0) is 44.9 Å². The number of amides is 1. The Balaban J connectivity index is 3.71. The molecule has 294 valence electrons. The Bertz CT molecular complexity index is 779. The van der Waals surface area contributed by atoms with Crippen molar-refractivity contribution < 1.29 is 20.1 Å². The normalized spacial score (nSPS) is 13.9. The van der Waals surface area contributed by atoms with E-state index in [1.807, 2.05) is 6.08 Å². The number of hydrogen-bond donors (Lipinski definition) is 4. The Kier molecular flexibility index (Phi) is 39.2. The summed E-state index contributed by atoms with van der Waals surface area (Å²) in [5, 5.41) is 33.2. The Labute approximate surface area is 311 Å². The van der Waals surface area contributed by atoms with E-state index in [0.717, 1.165) is 38.5 Å². The molecule has 0 heterocycles. The molecule has 0 spiro atoms. The van der Waals surface area contributed by atoms with Gasteiger partial charge in [-0.1, -0.05) is 204 Å². The molecular formula is C45H85NO4. The lowest BCUT2D eigenvalue weighted by Crippen LogP contribution is -2.45. The molecule has 0 aliphatic rings. The van der Waals surface area contributed by atoms with Crippen LogP contribution in [-0.4, -0.2) is 46.1 Å². The fourth-order valence-electron chi connectivity index (χ4n) is 6.55. The average Bonchev–Trinajstić information content (AvgIpc) is 3.11. The number of hydrogen-bond acceptors (Lipinski definition) is 4. The van der Waals surface area contributed by atoms with Crippen LogP contribution in [0.4, 0.5) is 0 Å². The second kappa shape index (κ2) is 40.3. The van der Waals surface area contributed by atoms with Crippen molar-refractivity contribution in [3.8, 4) is 0 Å². The van der Waals surface area contributed by atoms with E-state index in [1.165, 1.54) is 154 Å². The van der Waals surface area contributed by atoms with E-state index in [1.54, 1.807) is 6.08 Å². The molecule has 0 bridgehead atoms. The minimum Gasteiger partial charge on any atom is -0.394 e. The molecule has 3 atom stereocenters. The van der Waals surface area contributed by atoms with Crippen molar-refractivity contribution in [3.63, 3.8) is 0 Å². The third-order valence-corrected chi connectivity index (χ3v) is 9.91. The highest BCUT2D eigenvalue weighted by Gasteiger charge is 2.20. The van der Waals surface area contributed by atoms with Crippen LogP contribution in [0.15, 0.2) is 36.5 Å². The van der Waals surface area contributed by atoms with Crippen LogP contribution in [0.5, 0.6) is 0 Å². The number of carbonyl (C=O) groups excluding carboxylic acids is 1. The molecule has 0 saturated heterocycles. The van der Waals surface area contributed by atoms with E-state index >= 15 is 0 Å². The average molecular weight is 704 g/mol. The molecule has 0 aromatic rings. The van der Waals surface area contributed by atoms with E-state index in [9.17, 15) is 20.1 Å². The zero-order valence-electron chi connectivity index (χ0n) is 33.3. The van der Waals surface area contributed by atoms with Crippen molar-refractivity contribution in [2.75, 3.05) is 6.61 Å². The van der Waals surface area contributed by atoms with Crippen molar-refractivity contribution >= 4 is 5.91 Å². The number of rotatable bonds is 39. The smallest absolute Gasteiger partial charge is 0.222 e. The maximum absolute atomic E-state index is 12.4. The monoisotopic (exact) mass is 704 g/mol. The van der Waals surface area contributed by atoms with Gasteiger partial charge in [-0.25, -0.2) is 0 Å². The Hall–Kier alpha value is -1.43. The number of unbranched alkanes of at least 4 members (excludes halogenated alkanes) is 26. The van der Waals surface area contributed by atoms with Crippen LogP contribution in [0, 0.1) is 0 Å². The third kappa shape index (κ3) is 36.4. The topological polar surface area (TPSA) is 89.8 Å². The summed E-state index contributed by atoms with van der Waals surface area (Å²) in [4.78, 5) is 12.4. The van der Waals surface area contributed by atoms with E-state index in [4.69, 9.17) is 0 Å². The molecule has 1 amide bonds. The molecule has 0 aliphatic heterocycles. The summed E-state index contributed by atoms with van der Waals surface area (Å²) in [6.45, 7) is 4.19. The van der Waals surface area contributed by atoms with E-state index in [2.05, 4.69) is 43.5 Å². The largest absolute Gasteiger partial charge is 0.394 e. The molecule has 5 heteroatoms. The van der Waals surface area contributed by atoms with Crippen LogP contribution >= 0.6 is 0 Å². The molecule has 0 aliphatic carbocycles. The quantitative estimate of drug-likeness (QED) is 0.0379. The predicted octanol–water partition coefficient (Wildman–Crippen LogP) is 12.4. The molecular weight excluding hydrogens is 618 g/mol. The summed E-state index contributed by atoms with van der Waals surface area (Å²) in [7, 11) is 0. The van der Waals surface area contributed by atoms with Crippen LogP contribution in [0.25, 0.3) is 0 Å². The van der Waals surface area contributed by atoms with Gasteiger partial charge >= 0.3 is 0 Å². The minimum atomic E-state index is -0.957. The molecule has 0 fully saturated rings. The summed E-state index contributed by atoms with van der Waals surface area (Å²) in [6, 6.07) is -0.764. The van der Waals surface area contributed by atoms with Crippen molar-refractivity contribution in [3.05, 3.63) is 36.5 Å². The van der Waals surface area contributed by atoms with Gasteiger partial charge in [-0.2, -0.15) is 0 Å². The summed E-state index contributed by atoms with van der Waals surface area (Å²) >= 11 is 0. The molecule has 0 aromatic carbocycles. The maximum atomic E-state index is 12.4. The van der Waals surface area contributed by atoms with Gasteiger partial charge in [0, 0.05) is 0 Å². The van der Waals surface area contributed by atoms with Crippen LogP contribution < -0.4 is 5.32 Å². The molecule has 0 aromatic heterocycles. The highest BCUT2D eigenvalue weighted by molar-refractivity contribution is 5.76. The number of aliphatic hydroxyl groups excluding tert-OH is 3. The molecule has 0 radical (unpaired) electrons. The van der Waals surface area contributed by atoms with Gasteiger partial charge in [0.25, 0.3) is 0 Å². The van der Waals surface area contributed by atoms with Crippen LogP contribution in [0.3, 0.4) is 0 Å². The molecule has 3 unspecified atom stereocenters. The zero-order valence-corrected chi connectivity index (χ0v) is 33.3. The van der Waals surface area contributed by atoms with Crippen LogP contribution in [-0.2, 0) is 4.79 Å². The summed E-state index contributed by atoms with van der Waals surface area (Å²) in [5.74, 6) is -0.328. The van der Waals surface area contributed by atoms with Crippen molar-refractivity contribution in [2.24, 2.45) is 0 Å². The van der Waals surface area contributed by atoms with Gasteiger partial charge in [-0.3, -0.25) is 4.79 Å². The lowest BCUT2D eigenvalue weighted by atomic mass is 10.0. The fourth-order valence-corrected chi connectivity index (χ4v) is 6.55. The summed E-state index contributed by atoms with van der Waals surface area (Å²) in [6.07, 6.45) is 50.0. The van der Waals surface area contributed by atoms with Crippen molar-refractivity contribution in [1.29, 1.82) is 0 Å². The van der Waals surface area contributed by atoms with Gasteiger partial charge < -0.3 is 20.6 Å². The first-order valence-electron chi connectivity index (χ1n) is 21.8. The minimum absolute atomic E-state index is 0.00497. The lowest BCUT2D eigenvalue weighted by molar-refractivity contribution is -0.124. The van der Waals surface area contributed by atoms with E-state index < -0.39 is 18.2 Å². The SMILES string of the molecule is CCCCCCCC/C=C/CC/C=C/CC/C=C/C(O)C(CO)NC(=O)CC(O)CCCCCCCCCCCCCCCCCCCCC. The second-order valence-corrected chi connectivity index (χ2v) is 14.9. The summed E-state index contributed by atoms with van der Waals surface area (Å²) < 4.78 is 0. The van der Waals surface area contributed by atoms with Gasteiger partial charge in [0.1, 0.15) is 0 Å². The summed E-state index contributed by atoms with van der Waals surface area (Å²) in [5.41, 5.74) is 0. The molecule has 5 nitrogen and oxygen atoms in total. The maximum Gasteiger partial charge on any atom is 0.222 e. The van der Waals surface area contributed by atoms with Gasteiger partial charge in [-0.15, -0.1) is 0 Å². The molecule has 0 saturated carbocycles. The van der Waals surface area contributed by atoms with Crippen LogP contribution in [0.1, 0.15) is 219 Å². The van der Waals surface area contributed by atoms with Gasteiger partial charge in [0.05, 0.1) is 31.3 Å². The first kappa shape index (κ1) is 48.6. The highest BCUT2D eigenvalue weighted by atomic mass is 16.3. The number of carbonyl (C=O) groups is 1. The van der Waals surface area contributed by atoms with Gasteiger partial charge in [0.15, 0.2) is 0 Å². The molecule has 50 heavy (non-hydrogen) atoms. The lowest BCUT2D eigenvalue weighted by Gasteiger charge is -2.21. The molecule has 0 rings (SSSR count). The number of aliphatic hydroxyl groups is 3. The first-order chi connectivity index (χ1) is 24.5. The van der Waals surface area contributed by atoms with Gasteiger partial charge in [0.2, 0.25) is 5.91 Å². The predicted molar refractivity (Wildman–Crippen MR) is 218 cm³/mol. The fraction of sp³-hybridized carbons (Fsp3) is 0.844. The zero-order chi connectivity index (χ0) is 36.6. The Morgan fingerprint density at radius 2 is 0.860 bits per heavy atom. The van der Waals surface area contributed by atoms with E-state index in [-0.39, 0.29) is 18.9 Å². The molecule has 4 N–H and O–H groups in total. The first-order valence-corrected chi connectivity index (χ1v) is 21.8. The standard InChI is InChI=1S/C45H85NO4/c1-3-5-7-9-11-13-15-17-19-21-22-23-24-26-28-30-32-34-36-38-42(48)40-45(50)46-43(41-47)44(49)39-37-35-33-31-29-27-25-20-18-16-14-12-10-8-6-4-2/h18,20,29,31,37,39,42-44,47-49H,3-17,19,21-28,30,32-36,38,40-41H2,1-2H3,(H,46,50)/b20-18+,31-29+,39-37+. The third-order valence-electron chi connectivity index (χ3n) is 9.91. The second-order valence-electron chi connectivity index (χ2n) is 14.9. The Morgan fingerprint density at radius 1 is 0.500 bits per heavy atom. The van der Waals surface area contributed by atoms with Crippen LogP contribution in [0.2, 0.25) is 0 Å². The van der Waals surface area contributed by atoms with E-state index in [0.29, 0.717) is 6.42 Å². The van der Waals surface area contributed by atoms with Crippen molar-refractivity contribution in [2.45, 2.75) is 238 Å². The highest BCUT2D eigenvalue weighted by Crippen LogP contribution is 2.16. The number of nitrogens with one attached hydrogen (secondary N) is 1. The van der Waals surface area contributed by atoms with Crippen molar-refractivity contribution in [1.82, 2.24) is 5.32 Å². The Morgan fingerprint density at radius 3 is 1.28 bits per heavy atom.